The number of carbonyl (C=O) groups excluding carboxylic acids is 1. The zero-order valence-electron chi connectivity index (χ0n) is 9.92. The first-order valence-corrected chi connectivity index (χ1v) is 5.41. The van der Waals surface area contributed by atoms with Gasteiger partial charge in [-0.05, 0) is 7.05 Å². The Hall–Kier alpha value is -1.53. The van der Waals surface area contributed by atoms with Crippen molar-refractivity contribution in [3.05, 3.63) is 18.1 Å². The second-order valence-corrected chi connectivity index (χ2v) is 3.90. The highest BCUT2D eigenvalue weighted by molar-refractivity contribution is 5.99. The number of methoxy groups -OCH3 is 1. The molecule has 1 aromatic heterocycles. The lowest BCUT2D eigenvalue weighted by molar-refractivity contribution is -0.00907. The average molecular weight is 237 g/mol. The van der Waals surface area contributed by atoms with Crippen LogP contribution in [0, 0.1) is 0 Å². The third kappa shape index (κ3) is 2.59. The van der Waals surface area contributed by atoms with Crippen LogP contribution in [0.5, 0.6) is 5.88 Å². The summed E-state index contributed by atoms with van der Waals surface area (Å²) in [6.45, 7) is 1.95. The van der Waals surface area contributed by atoms with E-state index in [4.69, 9.17) is 9.47 Å². The fraction of sp³-hybridized carbons (Fsp3) is 0.545. The zero-order chi connectivity index (χ0) is 12.3. The van der Waals surface area contributed by atoms with Gasteiger partial charge in [-0.1, -0.05) is 0 Å². The van der Waals surface area contributed by atoms with Crippen molar-refractivity contribution in [2.45, 2.75) is 6.10 Å². The number of Topliss-reactive ketones (excluding diaryl/α,β-unsaturated/α-hetero) is 1. The predicted molar refractivity (Wildman–Crippen MR) is 60.2 cm³/mol. The molecule has 0 aromatic carbocycles. The van der Waals surface area contributed by atoms with Crippen molar-refractivity contribution in [3.8, 4) is 5.88 Å². The minimum absolute atomic E-state index is 0.179. The number of carbonyl (C=O) groups is 1. The fourth-order valence-electron chi connectivity index (χ4n) is 1.73. The summed E-state index contributed by atoms with van der Waals surface area (Å²) in [6, 6.07) is 0. The molecule has 1 aliphatic rings. The number of ether oxygens (including phenoxy) is 2. The summed E-state index contributed by atoms with van der Waals surface area (Å²) in [5, 5.41) is 0. The van der Waals surface area contributed by atoms with Crippen LogP contribution in [-0.4, -0.2) is 60.6 Å². The molecule has 1 saturated heterocycles. The molecular formula is C11H15N3O3. The summed E-state index contributed by atoms with van der Waals surface area (Å²) in [5.41, 5.74) is 0.232. The third-order valence-electron chi connectivity index (χ3n) is 2.65. The molecule has 1 atom stereocenters. The van der Waals surface area contributed by atoms with Gasteiger partial charge in [-0.3, -0.25) is 4.79 Å². The van der Waals surface area contributed by atoms with Gasteiger partial charge in [0.25, 0.3) is 0 Å². The van der Waals surface area contributed by atoms with Crippen molar-refractivity contribution in [2.75, 3.05) is 33.9 Å². The summed E-state index contributed by atoms with van der Waals surface area (Å²) < 4.78 is 10.5. The van der Waals surface area contributed by atoms with Crippen molar-refractivity contribution in [2.24, 2.45) is 0 Å². The van der Waals surface area contributed by atoms with E-state index in [-0.39, 0.29) is 17.4 Å². The maximum Gasteiger partial charge on any atom is 0.243 e. The van der Waals surface area contributed by atoms with Crippen LogP contribution >= 0.6 is 0 Å². The van der Waals surface area contributed by atoms with Crippen LogP contribution in [0.1, 0.15) is 10.5 Å². The Balaban J connectivity index is 2.18. The standard InChI is InChI=1S/C11H15N3O3/c1-14-5-6-17-8(7-14)10(15)9-11(16-2)13-4-3-12-9/h3-4,8H,5-7H2,1-2H3. The Bertz CT molecular complexity index is 411. The average Bonchev–Trinajstić information content (AvgIpc) is 2.38. The molecule has 1 fully saturated rings. The quantitative estimate of drug-likeness (QED) is 0.689. The van der Waals surface area contributed by atoms with E-state index in [9.17, 15) is 4.79 Å². The number of hydrogen-bond acceptors (Lipinski definition) is 6. The molecule has 6 heteroatoms. The van der Waals surface area contributed by atoms with E-state index in [1.165, 1.54) is 19.5 Å². The topological polar surface area (TPSA) is 64.6 Å². The molecule has 2 rings (SSSR count). The van der Waals surface area contributed by atoms with Crippen molar-refractivity contribution >= 4 is 5.78 Å². The molecule has 17 heavy (non-hydrogen) atoms. The first-order chi connectivity index (χ1) is 8.22. The Morgan fingerprint density at radius 2 is 2.29 bits per heavy atom. The summed E-state index contributed by atoms with van der Waals surface area (Å²) in [7, 11) is 3.42. The highest BCUT2D eigenvalue weighted by atomic mass is 16.5. The van der Waals surface area contributed by atoms with E-state index >= 15 is 0 Å². The SMILES string of the molecule is COc1nccnc1C(=O)C1CN(C)CCO1. The van der Waals surface area contributed by atoms with Crippen LogP contribution in [0.4, 0.5) is 0 Å². The Morgan fingerprint density at radius 3 is 3.00 bits per heavy atom. The summed E-state index contributed by atoms with van der Waals surface area (Å²) in [6.07, 6.45) is 2.48. The predicted octanol–water partition coefficient (Wildman–Crippen LogP) is -0.00150. The number of nitrogens with zero attached hydrogens (tertiary/aromatic N) is 3. The molecule has 0 radical (unpaired) electrons. The highest BCUT2D eigenvalue weighted by Gasteiger charge is 2.29. The first-order valence-electron chi connectivity index (χ1n) is 5.41. The summed E-state index contributed by atoms with van der Waals surface area (Å²) >= 11 is 0. The number of likely N-dealkylation sites (N-methyl/N-ethyl adjacent to an activating group) is 1. The molecule has 1 unspecified atom stereocenters. The first kappa shape index (κ1) is 11.9. The molecule has 0 amide bonds. The Kier molecular flexibility index (Phi) is 3.65. The van der Waals surface area contributed by atoms with Crippen molar-refractivity contribution in [1.29, 1.82) is 0 Å². The van der Waals surface area contributed by atoms with Gasteiger partial charge in [-0.15, -0.1) is 0 Å². The van der Waals surface area contributed by atoms with Crippen molar-refractivity contribution in [1.82, 2.24) is 14.9 Å². The van der Waals surface area contributed by atoms with Gasteiger partial charge in [0.1, 0.15) is 6.10 Å². The molecule has 0 N–H and O–H groups in total. The minimum atomic E-state index is -0.487. The largest absolute Gasteiger partial charge is 0.479 e. The highest BCUT2D eigenvalue weighted by Crippen LogP contribution is 2.16. The van der Waals surface area contributed by atoms with Crippen molar-refractivity contribution < 1.29 is 14.3 Å². The number of morpholine rings is 1. The summed E-state index contributed by atoms with van der Waals surface area (Å²) in [5.74, 6) is 0.0656. The minimum Gasteiger partial charge on any atom is -0.479 e. The van der Waals surface area contributed by atoms with Gasteiger partial charge < -0.3 is 14.4 Å². The molecule has 1 aliphatic heterocycles. The zero-order valence-corrected chi connectivity index (χ0v) is 9.92. The van der Waals surface area contributed by atoms with Gasteiger partial charge >= 0.3 is 0 Å². The molecule has 0 spiro atoms. The van der Waals surface area contributed by atoms with Crippen LogP contribution in [0.25, 0.3) is 0 Å². The lowest BCUT2D eigenvalue weighted by atomic mass is 10.1. The monoisotopic (exact) mass is 237 g/mol. The molecule has 92 valence electrons. The van der Waals surface area contributed by atoms with Crippen LogP contribution in [0.2, 0.25) is 0 Å². The number of hydrogen-bond donors (Lipinski definition) is 0. The molecular weight excluding hydrogens is 222 g/mol. The van der Waals surface area contributed by atoms with Gasteiger partial charge in [-0.25, -0.2) is 9.97 Å². The number of ketones is 1. The van der Waals surface area contributed by atoms with E-state index in [2.05, 4.69) is 14.9 Å². The number of rotatable bonds is 3. The van der Waals surface area contributed by atoms with Crippen molar-refractivity contribution in [3.63, 3.8) is 0 Å². The van der Waals surface area contributed by atoms with E-state index in [0.717, 1.165) is 6.54 Å². The van der Waals surface area contributed by atoms with Gasteiger partial charge in [0, 0.05) is 25.5 Å². The molecule has 0 bridgehead atoms. The lowest BCUT2D eigenvalue weighted by Crippen LogP contribution is -2.44. The van der Waals surface area contributed by atoms with Crippen LogP contribution in [0.15, 0.2) is 12.4 Å². The van der Waals surface area contributed by atoms with E-state index in [1.54, 1.807) is 0 Å². The van der Waals surface area contributed by atoms with E-state index in [1.807, 2.05) is 7.05 Å². The Morgan fingerprint density at radius 1 is 1.53 bits per heavy atom. The third-order valence-corrected chi connectivity index (χ3v) is 2.65. The van der Waals surface area contributed by atoms with Gasteiger partial charge in [0.15, 0.2) is 5.69 Å². The van der Waals surface area contributed by atoms with E-state index in [0.29, 0.717) is 13.2 Å². The van der Waals surface area contributed by atoms with Crippen LogP contribution in [-0.2, 0) is 4.74 Å². The van der Waals surface area contributed by atoms with E-state index < -0.39 is 6.10 Å². The van der Waals surface area contributed by atoms with Gasteiger partial charge in [0.2, 0.25) is 11.7 Å². The fourth-order valence-corrected chi connectivity index (χ4v) is 1.73. The molecule has 1 aromatic rings. The van der Waals surface area contributed by atoms with Crippen LogP contribution < -0.4 is 4.74 Å². The lowest BCUT2D eigenvalue weighted by Gasteiger charge is -2.28. The maximum absolute atomic E-state index is 12.2. The Labute approximate surface area is 99.6 Å². The molecule has 0 aliphatic carbocycles. The molecule has 6 nitrogen and oxygen atoms in total. The maximum atomic E-state index is 12.2. The second-order valence-electron chi connectivity index (χ2n) is 3.90. The molecule has 2 heterocycles. The summed E-state index contributed by atoms with van der Waals surface area (Å²) in [4.78, 5) is 22.2. The van der Waals surface area contributed by atoms with Gasteiger partial charge in [-0.2, -0.15) is 0 Å². The van der Waals surface area contributed by atoms with Crippen LogP contribution in [0.3, 0.4) is 0 Å². The second kappa shape index (κ2) is 5.20. The molecule has 0 saturated carbocycles. The smallest absolute Gasteiger partial charge is 0.243 e. The van der Waals surface area contributed by atoms with Gasteiger partial charge in [0.05, 0.1) is 13.7 Å². The number of aromatic nitrogens is 2. The normalized spacial score (nSPS) is 21.2.